The van der Waals surface area contributed by atoms with Gasteiger partial charge in [0.25, 0.3) is 0 Å². The summed E-state index contributed by atoms with van der Waals surface area (Å²) >= 11 is 1.52. The summed E-state index contributed by atoms with van der Waals surface area (Å²) in [6, 6.07) is 12.6. The fourth-order valence-corrected chi connectivity index (χ4v) is 7.03. The zero-order valence-corrected chi connectivity index (χ0v) is 28.0. The summed E-state index contributed by atoms with van der Waals surface area (Å²) in [7, 11) is 3.29. The van der Waals surface area contributed by atoms with Gasteiger partial charge in [-0.15, -0.1) is 11.3 Å². The quantitative estimate of drug-likeness (QED) is 0.237. The topological polar surface area (TPSA) is 110 Å². The fraction of sp³-hybridized carbons (Fsp3) is 0.629. The number of aliphatic hydroxyl groups excluding tert-OH is 2. The van der Waals surface area contributed by atoms with Gasteiger partial charge < -0.3 is 25.3 Å². The average Bonchev–Trinajstić information content (AvgIpc) is 3.51. The minimum atomic E-state index is -1.22. The van der Waals surface area contributed by atoms with Gasteiger partial charge in [-0.05, 0) is 55.0 Å². The normalized spacial score (nSPS) is 17.4. The fourth-order valence-electron chi connectivity index (χ4n) is 6.24. The third kappa shape index (κ3) is 11.0. The molecule has 9 heteroatoms. The highest BCUT2D eigenvalue weighted by molar-refractivity contribution is 7.09. The minimum Gasteiger partial charge on any atom is -0.390 e. The molecule has 0 radical (unpaired) electrons. The number of amides is 3. The predicted octanol–water partition coefficient (Wildman–Crippen LogP) is 5.20. The zero-order chi connectivity index (χ0) is 32.2. The Bertz CT molecular complexity index is 1150. The Hall–Kier alpha value is -2.75. The molecule has 1 heterocycles. The monoisotopic (exact) mass is 627 g/mol. The van der Waals surface area contributed by atoms with Crippen LogP contribution in [0.25, 0.3) is 0 Å². The van der Waals surface area contributed by atoms with Crippen LogP contribution in [0.4, 0.5) is 0 Å². The van der Waals surface area contributed by atoms with Gasteiger partial charge in [-0.3, -0.25) is 14.4 Å². The lowest BCUT2D eigenvalue weighted by Gasteiger charge is -2.41. The van der Waals surface area contributed by atoms with E-state index in [1.165, 1.54) is 27.6 Å². The van der Waals surface area contributed by atoms with Gasteiger partial charge >= 0.3 is 0 Å². The van der Waals surface area contributed by atoms with E-state index in [-0.39, 0.29) is 48.6 Å². The largest absolute Gasteiger partial charge is 0.390 e. The number of nitrogens with zero attached hydrogens (tertiary/aromatic N) is 2. The Morgan fingerprint density at radius 3 is 2.25 bits per heavy atom. The molecule has 1 saturated carbocycles. The van der Waals surface area contributed by atoms with E-state index in [0.29, 0.717) is 19.3 Å². The second-order valence-corrected chi connectivity index (χ2v) is 14.2. The Kier molecular flexibility index (Phi) is 14.3. The van der Waals surface area contributed by atoms with Crippen molar-refractivity contribution >= 4 is 29.1 Å². The van der Waals surface area contributed by atoms with Crippen LogP contribution in [0.5, 0.6) is 0 Å². The number of thiophene rings is 1. The number of hydrogen-bond donors (Lipinski definition) is 3. The summed E-state index contributed by atoms with van der Waals surface area (Å²) in [4.78, 5) is 45.2. The highest BCUT2D eigenvalue weighted by Crippen LogP contribution is 2.32. The van der Waals surface area contributed by atoms with Crippen molar-refractivity contribution in [1.82, 2.24) is 15.1 Å². The first-order chi connectivity index (χ1) is 21.0. The van der Waals surface area contributed by atoms with Gasteiger partial charge in [0.1, 0.15) is 12.6 Å². The number of rotatable bonds is 16. The molecule has 3 amide bonds. The molecule has 5 atom stereocenters. The minimum absolute atomic E-state index is 0.0542. The molecule has 1 fully saturated rings. The van der Waals surface area contributed by atoms with E-state index < -0.39 is 24.2 Å². The van der Waals surface area contributed by atoms with Crippen LogP contribution in [0.1, 0.15) is 88.6 Å². The molecule has 3 rings (SSSR count). The molecule has 3 N–H and O–H groups in total. The summed E-state index contributed by atoms with van der Waals surface area (Å²) in [5.41, 5.74) is 0.968. The highest BCUT2D eigenvalue weighted by Gasteiger charge is 2.40. The van der Waals surface area contributed by atoms with Gasteiger partial charge in [0.15, 0.2) is 0 Å². The SMILES string of the molecule is CC(C)C[C@H](O)[C@H](O)[C@H](CC1CCCCC1)N(CC(=O)N(C)C)C(=O)[C@@H](CC(=O)N[C@@H](C)c1ccccc1)Cc1cccs1. The zero-order valence-electron chi connectivity index (χ0n) is 27.2. The van der Waals surface area contributed by atoms with Gasteiger partial charge in [0, 0.05) is 25.4 Å². The van der Waals surface area contributed by atoms with Crippen LogP contribution in [-0.4, -0.2) is 76.6 Å². The van der Waals surface area contributed by atoms with Crippen LogP contribution in [0.2, 0.25) is 0 Å². The first kappa shape index (κ1) is 35.7. The molecule has 0 bridgehead atoms. The lowest BCUT2D eigenvalue weighted by atomic mass is 9.81. The second-order valence-electron chi connectivity index (χ2n) is 13.1. The van der Waals surface area contributed by atoms with Crippen molar-refractivity contribution in [1.29, 1.82) is 0 Å². The summed E-state index contributed by atoms with van der Waals surface area (Å²) in [5, 5.41) is 27.8. The van der Waals surface area contributed by atoms with Crippen LogP contribution in [0.3, 0.4) is 0 Å². The number of carbonyl (C=O) groups is 3. The molecule has 8 nitrogen and oxygen atoms in total. The number of nitrogens with one attached hydrogen (secondary N) is 1. The van der Waals surface area contributed by atoms with E-state index in [1.54, 1.807) is 14.1 Å². The van der Waals surface area contributed by atoms with E-state index in [4.69, 9.17) is 0 Å². The molecule has 0 saturated heterocycles. The predicted molar refractivity (Wildman–Crippen MR) is 176 cm³/mol. The Balaban J connectivity index is 1.95. The van der Waals surface area contributed by atoms with Gasteiger partial charge in [-0.2, -0.15) is 0 Å². The molecule has 1 aromatic heterocycles. The second kappa shape index (κ2) is 17.7. The van der Waals surface area contributed by atoms with Crippen molar-refractivity contribution in [2.24, 2.45) is 17.8 Å². The Morgan fingerprint density at radius 1 is 0.977 bits per heavy atom. The van der Waals surface area contributed by atoms with Crippen LogP contribution in [0.15, 0.2) is 47.8 Å². The van der Waals surface area contributed by atoms with Crippen molar-refractivity contribution in [3.05, 3.63) is 58.3 Å². The molecule has 0 aliphatic heterocycles. The van der Waals surface area contributed by atoms with E-state index >= 15 is 0 Å². The maximum absolute atomic E-state index is 14.6. The van der Waals surface area contributed by atoms with E-state index in [9.17, 15) is 24.6 Å². The molecule has 1 aliphatic carbocycles. The molecular formula is C35H53N3O5S. The maximum Gasteiger partial charge on any atom is 0.241 e. The third-order valence-corrected chi connectivity index (χ3v) is 9.67. The molecular weight excluding hydrogens is 574 g/mol. The van der Waals surface area contributed by atoms with Gasteiger partial charge in [-0.1, -0.05) is 82.3 Å². The molecule has 0 spiro atoms. The van der Waals surface area contributed by atoms with Crippen molar-refractivity contribution in [3.8, 4) is 0 Å². The van der Waals surface area contributed by atoms with Gasteiger partial charge in [0.05, 0.1) is 24.1 Å². The number of likely N-dealkylation sites (N-methyl/N-ethyl adjacent to an activating group) is 1. The summed E-state index contributed by atoms with van der Waals surface area (Å²) in [5.74, 6) is -1.17. The molecule has 1 aromatic carbocycles. The summed E-state index contributed by atoms with van der Waals surface area (Å²) in [6.07, 6.45) is 4.25. The van der Waals surface area contributed by atoms with Gasteiger partial charge in [-0.25, -0.2) is 0 Å². The number of hydrogen-bond acceptors (Lipinski definition) is 6. The Morgan fingerprint density at radius 2 is 1.66 bits per heavy atom. The average molecular weight is 628 g/mol. The van der Waals surface area contributed by atoms with Crippen molar-refractivity contribution in [3.63, 3.8) is 0 Å². The summed E-state index contributed by atoms with van der Waals surface area (Å²) in [6.45, 7) is 5.66. The van der Waals surface area contributed by atoms with Crippen LogP contribution >= 0.6 is 11.3 Å². The maximum atomic E-state index is 14.6. The van der Waals surface area contributed by atoms with Crippen LogP contribution < -0.4 is 5.32 Å². The van der Waals surface area contributed by atoms with Crippen molar-refractivity contribution in [2.45, 2.75) is 103 Å². The molecule has 1 aliphatic rings. The molecule has 0 unspecified atom stereocenters. The van der Waals surface area contributed by atoms with Crippen molar-refractivity contribution in [2.75, 3.05) is 20.6 Å². The molecule has 2 aromatic rings. The van der Waals surface area contributed by atoms with E-state index in [2.05, 4.69) is 5.32 Å². The first-order valence-corrected chi connectivity index (χ1v) is 17.1. The van der Waals surface area contributed by atoms with Crippen LogP contribution in [0, 0.1) is 17.8 Å². The van der Waals surface area contributed by atoms with E-state index in [1.807, 2.05) is 68.6 Å². The van der Waals surface area contributed by atoms with Crippen LogP contribution in [-0.2, 0) is 20.8 Å². The smallest absolute Gasteiger partial charge is 0.241 e. The standard InChI is InChI=1S/C35H53N3O5S/c1-24(2)19-31(39)34(42)30(20-26-13-8-6-9-14-26)38(23-33(41)37(4)5)35(43)28(21-29-17-12-18-44-29)22-32(40)36-25(3)27-15-10-7-11-16-27/h7,10-12,15-18,24-26,28,30-31,34,39,42H,6,8-9,13-14,19-23H2,1-5H3,(H,36,40)/t25-,28+,30-,31-,34+/m0/s1. The third-order valence-electron chi connectivity index (χ3n) is 8.77. The number of benzene rings is 1. The first-order valence-electron chi connectivity index (χ1n) is 16.2. The number of carbonyl (C=O) groups excluding carboxylic acids is 3. The highest BCUT2D eigenvalue weighted by atomic mass is 32.1. The van der Waals surface area contributed by atoms with Crippen molar-refractivity contribution < 1.29 is 24.6 Å². The van der Waals surface area contributed by atoms with E-state index in [0.717, 1.165) is 36.1 Å². The lowest BCUT2D eigenvalue weighted by molar-refractivity contribution is -0.151. The Labute approximate surface area is 267 Å². The summed E-state index contributed by atoms with van der Waals surface area (Å²) < 4.78 is 0. The molecule has 44 heavy (non-hydrogen) atoms. The number of aliphatic hydroxyl groups is 2. The van der Waals surface area contributed by atoms with Gasteiger partial charge in [0.2, 0.25) is 17.7 Å². The lowest BCUT2D eigenvalue weighted by Crippen LogP contribution is -2.56. The molecule has 244 valence electrons.